The maximum absolute atomic E-state index is 12.9. The van der Waals surface area contributed by atoms with E-state index in [0.29, 0.717) is 17.3 Å². The van der Waals surface area contributed by atoms with Crippen LogP contribution in [0, 0.1) is 5.92 Å². The molecule has 1 aromatic rings. The molecule has 4 nitrogen and oxygen atoms in total. The summed E-state index contributed by atoms with van der Waals surface area (Å²) in [4.78, 5) is 19.0. The second kappa shape index (κ2) is 5.29. The molecule has 0 radical (unpaired) electrons. The predicted molar refractivity (Wildman–Crippen MR) is 77.0 cm³/mol. The summed E-state index contributed by atoms with van der Waals surface area (Å²) in [7, 11) is 3.97. The summed E-state index contributed by atoms with van der Waals surface area (Å²) in [6.45, 7) is 2.25. The maximum Gasteiger partial charge on any atom is 0.186 e. The number of aromatic nitrogens is 1. The van der Waals surface area contributed by atoms with E-state index >= 15 is 0 Å². The Morgan fingerprint density at radius 2 is 2.05 bits per heavy atom. The molecular weight excluding hydrogens is 238 g/mol. The number of hydrogen-bond acceptors (Lipinski definition) is 4. The lowest BCUT2D eigenvalue weighted by Crippen LogP contribution is -2.53. The van der Waals surface area contributed by atoms with Crippen LogP contribution >= 0.6 is 0 Å². The third kappa shape index (κ3) is 2.50. The lowest BCUT2D eigenvalue weighted by atomic mass is 9.72. The number of Topliss-reactive ketones (excluding diaryl/α,β-unsaturated/α-hetero) is 1. The van der Waals surface area contributed by atoms with E-state index < -0.39 is 5.54 Å². The van der Waals surface area contributed by atoms with E-state index in [2.05, 4.69) is 16.8 Å². The topological polar surface area (TPSA) is 59.2 Å². The van der Waals surface area contributed by atoms with Gasteiger partial charge in [0.2, 0.25) is 0 Å². The van der Waals surface area contributed by atoms with E-state index in [9.17, 15) is 4.79 Å². The van der Waals surface area contributed by atoms with Gasteiger partial charge in [0.25, 0.3) is 0 Å². The summed E-state index contributed by atoms with van der Waals surface area (Å²) in [5.74, 6) is 1.16. The Kier molecular flexibility index (Phi) is 3.90. The van der Waals surface area contributed by atoms with Gasteiger partial charge >= 0.3 is 0 Å². The van der Waals surface area contributed by atoms with Crippen molar-refractivity contribution in [3.8, 4) is 0 Å². The van der Waals surface area contributed by atoms with E-state index in [1.165, 1.54) is 0 Å². The molecule has 1 fully saturated rings. The molecule has 0 atom stereocenters. The second-order valence-electron chi connectivity index (χ2n) is 5.87. The number of nitrogen functional groups attached to an aromatic ring is 1. The first-order chi connectivity index (χ1) is 8.97. The monoisotopic (exact) mass is 261 g/mol. The number of hydrogen-bond donors (Lipinski definition) is 1. The molecule has 1 heterocycles. The fourth-order valence-corrected chi connectivity index (χ4v) is 2.98. The molecule has 0 unspecified atom stereocenters. The Morgan fingerprint density at radius 3 is 2.58 bits per heavy atom. The van der Waals surface area contributed by atoms with Crippen LogP contribution in [0.2, 0.25) is 0 Å². The van der Waals surface area contributed by atoms with Crippen LogP contribution in [0.4, 0.5) is 5.82 Å². The first kappa shape index (κ1) is 14.0. The van der Waals surface area contributed by atoms with Crippen molar-refractivity contribution in [3.05, 3.63) is 23.9 Å². The van der Waals surface area contributed by atoms with Crippen LogP contribution in [0.15, 0.2) is 18.3 Å². The van der Waals surface area contributed by atoms with Crippen LogP contribution in [0.25, 0.3) is 0 Å². The van der Waals surface area contributed by atoms with Gasteiger partial charge in [-0.1, -0.05) is 6.92 Å². The Hall–Kier alpha value is -1.42. The minimum absolute atomic E-state index is 0.120. The molecule has 0 saturated heterocycles. The lowest BCUT2D eigenvalue weighted by Gasteiger charge is -2.43. The Bertz CT molecular complexity index is 462. The molecule has 0 aliphatic heterocycles. The molecule has 19 heavy (non-hydrogen) atoms. The van der Waals surface area contributed by atoms with Crippen LogP contribution in [-0.4, -0.2) is 35.3 Å². The fraction of sp³-hybridized carbons (Fsp3) is 0.600. The van der Waals surface area contributed by atoms with Gasteiger partial charge in [-0.25, -0.2) is 4.98 Å². The zero-order chi connectivity index (χ0) is 14.0. The molecule has 0 spiro atoms. The lowest BCUT2D eigenvalue weighted by molar-refractivity contribution is 0.0514. The molecule has 0 aromatic carbocycles. The van der Waals surface area contributed by atoms with Gasteiger partial charge in [0, 0.05) is 6.20 Å². The fourth-order valence-electron chi connectivity index (χ4n) is 2.98. The number of carbonyl (C=O) groups is 1. The first-order valence-electron chi connectivity index (χ1n) is 6.90. The van der Waals surface area contributed by atoms with Gasteiger partial charge in [0.05, 0.1) is 11.1 Å². The van der Waals surface area contributed by atoms with Crippen LogP contribution < -0.4 is 5.73 Å². The zero-order valence-electron chi connectivity index (χ0n) is 12.0. The van der Waals surface area contributed by atoms with Crippen LogP contribution in [0.1, 0.15) is 43.0 Å². The van der Waals surface area contributed by atoms with Crippen LogP contribution in [0.5, 0.6) is 0 Å². The largest absolute Gasteiger partial charge is 0.383 e. The maximum atomic E-state index is 12.9. The smallest absolute Gasteiger partial charge is 0.186 e. The summed E-state index contributed by atoms with van der Waals surface area (Å²) in [5.41, 5.74) is 6.01. The van der Waals surface area contributed by atoms with E-state index in [1.807, 2.05) is 14.1 Å². The summed E-state index contributed by atoms with van der Waals surface area (Å²) in [6.07, 6.45) is 5.59. The molecule has 0 bridgehead atoms. The number of rotatable bonds is 3. The third-order valence-electron chi connectivity index (χ3n) is 4.46. The van der Waals surface area contributed by atoms with Crippen molar-refractivity contribution in [3.63, 3.8) is 0 Å². The van der Waals surface area contributed by atoms with Crippen molar-refractivity contribution in [2.75, 3.05) is 19.8 Å². The van der Waals surface area contributed by atoms with E-state index in [-0.39, 0.29) is 5.78 Å². The predicted octanol–water partition coefficient (Wildman–Crippen LogP) is 2.36. The van der Waals surface area contributed by atoms with Gasteiger partial charge in [-0.2, -0.15) is 0 Å². The van der Waals surface area contributed by atoms with Gasteiger partial charge in [-0.15, -0.1) is 0 Å². The average Bonchev–Trinajstić information content (AvgIpc) is 2.39. The highest BCUT2D eigenvalue weighted by Crippen LogP contribution is 2.38. The van der Waals surface area contributed by atoms with E-state index in [0.717, 1.165) is 25.7 Å². The Labute approximate surface area is 115 Å². The molecular formula is C15H23N3O. The normalized spacial score (nSPS) is 27.5. The number of nitrogens with zero attached hydrogens (tertiary/aromatic N) is 2. The molecule has 2 rings (SSSR count). The molecule has 0 amide bonds. The SMILES string of the molecule is CC1CCC(C(=O)c2cccnc2N)(N(C)C)CC1. The number of likely N-dealkylation sites (N-methyl/N-ethyl adjacent to an activating group) is 1. The van der Waals surface area contributed by atoms with Gasteiger partial charge < -0.3 is 5.73 Å². The summed E-state index contributed by atoms with van der Waals surface area (Å²) in [6, 6.07) is 3.56. The number of nitrogens with two attached hydrogens (primary N) is 1. The number of pyridine rings is 1. The van der Waals surface area contributed by atoms with E-state index in [4.69, 9.17) is 5.73 Å². The number of carbonyl (C=O) groups excluding carboxylic acids is 1. The van der Waals surface area contributed by atoms with Crippen molar-refractivity contribution >= 4 is 11.6 Å². The van der Waals surface area contributed by atoms with Gasteiger partial charge in [-0.05, 0) is 57.8 Å². The second-order valence-corrected chi connectivity index (χ2v) is 5.87. The van der Waals surface area contributed by atoms with Crippen molar-refractivity contribution in [2.24, 2.45) is 5.92 Å². The zero-order valence-corrected chi connectivity index (χ0v) is 12.0. The van der Waals surface area contributed by atoms with Gasteiger partial charge in [0.1, 0.15) is 5.82 Å². The molecule has 1 aromatic heterocycles. The standard InChI is InChI=1S/C15H23N3O/c1-11-6-8-15(9-7-11,18(2)3)13(19)12-5-4-10-17-14(12)16/h4-5,10-11H,6-9H2,1-3H3,(H2,16,17). The minimum Gasteiger partial charge on any atom is -0.383 e. The summed E-state index contributed by atoms with van der Waals surface area (Å²) < 4.78 is 0. The van der Waals surface area contributed by atoms with Crippen LogP contribution in [0.3, 0.4) is 0 Å². The summed E-state index contributed by atoms with van der Waals surface area (Å²) >= 11 is 0. The molecule has 2 N–H and O–H groups in total. The third-order valence-corrected chi connectivity index (χ3v) is 4.46. The number of anilines is 1. The molecule has 4 heteroatoms. The van der Waals surface area contributed by atoms with Gasteiger partial charge in [0.15, 0.2) is 5.78 Å². The molecule has 1 saturated carbocycles. The van der Waals surface area contributed by atoms with Crippen molar-refractivity contribution in [2.45, 2.75) is 38.1 Å². The van der Waals surface area contributed by atoms with E-state index in [1.54, 1.807) is 18.3 Å². The molecule has 104 valence electrons. The highest BCUT2D eigenvalue weighted by molar-refractivity contribution is 6.06. The Morgan fingerprint density at radius 1 is 1.42 bits per heavy atom. The van der Waals surface area contributed by atoms with Crippen LogP contribution in [-0.2, 0) is 0 Å². The average molecular weight is 261 g/mol. The first-order valence-corrected chi connectivity index (χ1v) is 6.90. The van der Waals surface area contributed by atoms with Gasteiger partial charge in [-0.3, -0.25) is 9.69 Å². The van der Waals surface area contributed by atoms with Crippen molar-refractivity contribution in [1.82, 2.24) is 9.88 Å². The summed E-state index contributed by atoms with van der Waals surface area (Å²) in [5, 5.41) is 0. The molecule has 1 aliphatic rings. The van der Waals surface area contributed by atoms with Crippen molar-refractivity contribution < 1.29 is 4.79 Å². The molecule has 1 aliphatic carbocycles. The quantitative estimate of drug-likeness (QED) is 0.849. The minimum atomic E-state index is -0.413. The van der Waals surface area contributed by atoms with Crippen molar-refractivity contribution in [1.29, 1.82) is 0 Å². The number of ketones is 1. The highest BCUT2D eigenvalue weighted by atomic mass is 16.1. The highest BCUT2D eigenvalue weighted by Gasteiger charge is 2.43. The Balaban J connectivity index is 2.35.